The van der Waals surface area contributed by atoms with Crippen LogP contribution in [-0.4, -0.2) is 21.5 Å². The van der Waals surface area contributed by atoms with Crippen molar-refractivity contribution >= 4 is 10.0 Å². The van der Waals surface area contributed by atoms with Crippen LogP contribution in [-0.2, 0) is 16.6 Å². The molecule has 0 amide bonds. The SMILES string of the molecule is CCNCc1ccccc1S(=O)(=O)NCC1CCC1. The van der Waals surface area contributed by atoms with Crippen molar-refractivity contribution in [1.29, 1.82) is 0 Å². The summed E-state index contributed by atoms with van der Waals surface area (Å²) < 4.78 is 27.4. The third kappa shape index (κ3) is 3.78. The summed E-state index contributed by atoms with van der Waals surface area (Å²) in [6.45, 7) is 3.98. The van der Waals surface area contributed by atoms with Crippen molar-refractivity contribution in [3.63, 3.8) is 0 Å². The van der Waals surface area contributed by atoms with Crippen molar-refractivity contribution in [3.05, 3.63) is 29.8 Å². The van der Waals surface area contributed by atoms with Crippen LogP contribution in [0.25, 0.3) is 0 Å². The minimum absolute atomic E-state index is 0.398. The second kappa shape index (κ2) is 6.50. The van der Waals surface area contributed by atoms with E-state index >= 15 is 0 Å². The highest BCUT2D eigenvalue weighted by Gasteiger charge is 2.22. The predicted molar refractivity (Wildman–Crippen MR) is 76.4 cm³/mol. The second-order valence-electron chi connectivity index (χ2n) is 5.04. The summed E-state index contributed by atoms with van der Waals surface area (Å²) in [6, 6.07) is 7.18. The Balaban J connectivity index is 2.09. The monoisotopic (exact) mass is 282 g/mol. The molecule has 5 heteroatoms. The van der Waals surface area contributed by atoms with Gasteiger partial charge in [0.1, 0.15) is 0 Å². The van der Waals surface area contributed by atoms with E-state index in [0.717, 1.165) is 24.9 Å². The van der Waals surface area contributed by atoms with Crippen LogP contribution in [0.4, 0.5) is 0 Å². The molecule has 1 aliphatic carbocycles. The Morgan fingerprint density at radius 1 is 1.26 bits per heavy atom. The Labute approximate surface area is 115 Å². The Morgan fingerprint density at radius 2 is 2.00 bits per heavy atom. The largest absolute Gasteiger partial charge is 0.313 e. The maximum absolute atomic E-state index is 12.3. The second-order valence-corrected chi connectivity index (χ2v) is 6.77. The highest BCUT2D eigenvalue weighted by molar-refractivity contribution is 7.89. The van der Waals surface area contributed by atoms with Crippen LogP contribution >= 0.6 is 0 Å². The fraction of sp³-hybridized carbons (Fsp3) is 0.571. The minimum atomic E-state index is -3.38. The van der Waals surface area contributed by atoms with Crippen LogP contribution in [0, 0.1) is 5.92 Å². The van der Waals surface area contributed by atoms with Crippen LogP contribution < -0.4 is 10.0 Å². The summed E-state index contributed by atoms with van der Waals surface area (Å²) in [5.74, 6) is 0.524. The van der Waals surface area contributed by atoms with Crippen molar-refractivity contribution in [2.45, 2.75) is 37.6 Å². The van der Waals surface area contributed by atoms with Gasteiger partial charge in [-0.15, -0.1) is 0 Å². The Hall–Kier alpha value is -0.910. The molecule has 0 unspecified atom stereocenters. The molecule has 0 spiro atoms. The fourth-order valence-corrected chi connectivity index (χ4v) is 3.53. The summed E-state index contributed by atoms with van der Waals surface area (Å²) in [4.78, 5) is 0.398. The van der Waals surface area contributed by atoms with Crippen LogP contribution in [0.5, 0.6) is 0 Å². The zero-order chi connectivity index (χ0) is 13.7. The van der Waals surface area contributed by atoms with Gasteiger partial charge in [-0.3, -0.25) is 0 Å². The predicted octanol–water partition coefficient (Wildman–Crippen LogP) is 1.87. The molecule has 0 atom stereocenters. The van der Waals surface area contributed by atoms with Gasteiger partial charge in [0.25, 0.3) is 0 Å². The molecular formula is C14H22N2O2S. The molecule has 0 heterocycles. The lowest BCUT2D eigenvalue weighted by atomic mass is 9.86. The molecule has 1 aromatic rings. The van der Waals surface area contributed by atoms with Crippen molar-refractivity contribution in [3.8, 4) is 0 Å². The Morgan fingerprint density at radius 3 is 2.63 bits per heavy atom. The molecule has 19 heavy (non-hydrogen) atoms. The van der Waals surface area contributed by atoms with Gasteiger partial charge in [-0.1, -0.05) is 31.5 Å². The molecular weight excluding hydrogens is 260 g/mol. The van der Waals surface area contributed by atoms with Gasteiger partial charge in [-0.2, -0.15) is 0 Å². The first-order chi connectivity index (χ1) is 9.13. The van der Waals surface area contributed by atoms with E-state index < -0.39 is 10.0 Å². The maximum atomic E-state index is 12.3. The zero-order valence-corrected chi connectivity index (χ0v) is 12.2. The number of hydrogen-bond donors (Lipinski definition) is 2. The van der Waals surface area contributed by atoms with Gasteiger partial charge in [-0.05, 0) is 36.9 Å². The molecule has 1 aliphatic rings. The lowest BCUT2D eigenvalue weighted by Crippen LogP contribution is -2.33. The molecule has 1 saturated carbocycles. The Bertz CT molecular complexity index is 510. The van der Waals surface area contributed by atoms with E-state index in [1.165, 1.54) is 6.42 Å². The van der Waals surface area contributed by atoms with Gasteiger partial charge in [0.15, 0.2) is 0 Å². The minimum Gasteiger partial charge on any atom is -0.313 e. The van der Waals surface area contributed by atoms with Gasteiger partial charge in [0, 0.05) is 13.1 Å². The molecule has 1 fully saturated rings. The van der Waals surface area contributed by atoms with Crippen molar-refractivity contribution in [2.24, 2.45) is 5.92 Å². The third-order valence-electron chi connectivity index (χ3n) is 3.61. The molecule has 0 aliphatic heterocycles. The van der Waals surface area contributed by atoms with Crippen LogP contribution in [0.1, 0.15) is 31.7 Å². The fourth-order valence-electron chi connectivity index (χ4n) is 2.17. The van der Waals surface area contributed by atoms with Crippen molar-refractivity contribution in [1.82, 2.24) is 10.0 Å². The van der Waals surface area contributed by atoms with Crippen molar-refractivity contribution < 1.29 is 8.42 Å². The average molecular weight is 282 g/mol. The molecule has 1 aromatic carbocycles. The summed E-state index contributed by atoms with van der Waals surface area (Å²) in [7, 11) is -3.38. The van der Waals surface area contributed by atoms with Gasteiger partial charge >= 0.3 is 0 Å². The quantitative estimate of drug-likeness (QED) is 0.803. The van der Waals surface area contributed by atoms with Gasteiger partial charge in [-0.25, -0.2) is 13.1 Å². The molecule has 2 rings (SSSR count). The van der Waals surface area contributed by atoms with Gasteiger partial charge in [0.05, 0.1) is 4.90 Å². The first kappa shape index (κ1) is 14.5. The number of benzene rings is 1. The average Bonchev–Trinajstić information content (AvgIpc) is 2.34. The number of nitrogens with one attached hydrogen (secondary N) is 2. The molecule has 2 N–H and O–H groups in total. The maximum Gasteiger partial charge on any atom is 0.240 e. The van der Waals surface area contributed by atoms with E-state index in [9.17, 15) is 8.42 Å². The topological polar surface area (TPSA) is 58.2 Å². The molecule has 0 saturated heterocycles. The molecule has 0 radical (unpaired) electrons. The Kier molecular flexibility index (Phi) is 4.96. The summed E-state index contributed by atoms with van der Waals surface area (Å²) >= 11 is 0. The van der Waals surface area contributed by atoms with E-state index in [1.807, 2.05) is 19.1 Å². The smallest absolute Gasteiger partial charge is 0.240 e. The van der Waals surface area contributed by atoms with Crippen molar-refractivity contribution in [2.75, 3.05) is 13.1 Å². The summed E-state index contributed by atoms with van der Waals surface area (Å²) in [6.07, 6.45) is 3.51. The number of rotatable bonds is 7. The van der Waals surface area contributed by atoms with Gasteiger partial charge in [0.2, 0.25) is 10.0 Å². The summed E-state index contributed by atoms with van der Waals surface area (Å²) in [5.41, 5.74) is 0.824. The van der Waals surface area contributed by atoms with E-state index in [2.05, 4.69) is 10.0 Å². The van der Waals surface area contributed by atoms with Crippen LogP contribution in [0.3, 0.4) is 0 Å². The molecule has 106 valence electrons. The zero-order valence-electron chi connectivity index (χ0n) is 11.4. The lowest BCUT2D eigenvalue weighted by molar-refractivity contribution is 0.316. The third-order valence-corrected chi connectivity index (χ3v) is 5.14. The van der Waals surface area contributed by atoms with Gasteiger partial charge < -0.3 is 5.32 Å². The normalized spacial score (nSPS) is 16.3. The number of sulfonamides is 1. The first-order valence-electron chi connectivity index (χ1n) is 6.91. The highest BCUT2D eigenvalue weighted by Crippen LogP contribution is 2.26. The van der Waals surface area contributed by atoms with E-state index in [0.29, 0.717) is 23.9 Å². The molecule has 0 aromatic heterocycles. The van der Waals surface area contributed by atoms with E-state index in [4.69, 9.17) is 0 Å². The lowest BCUT2D eigenvalue weighted by Gasteiger charge is -2.25. The first-order valence-corrected chi connectivity index (χ1v) is 8.40. The highest BCUT2D eigenvalue weighted by atomic mass is 32.2. The number of hydrogen-bond acceptors (Lipinski definition) is 3. The molecule has 0 bridgehead atoms. The van der Waals surface area contributed by atoms with E-state index in [-0.39, 0.29) is 0 Å². The van der Waals surface area contributed by atoms with E-state index in [1.54, 1.807) is 12.1 Å². The summed E-state index contributed by atoms with van der Waals surface area (Å²) in [5, 5.41) is 3.17. The van der Waals surface area contributed by atoms with Crippen LogP contribution in [0.15, 0.2) is 29.2 Å². The standard InChI is InChI=1S/C14H22N2O2S/c1-2-15-11-13-8-3-4-9-14(13)19(17,18)16-10-12-6-5-7-12/h3-4,8-9,12,15-16H,2,5-7,10-11H2,1H3. The molecule has 4 nitrogen and oxygen atoms in total. The van der Waals surface area contributed by atoms with Crippen LogP contribution in [0.2, 0.25) is 0 Å².